The lowest BCUT2D eigenvalue weighted by molar-refractivity contribution is 0.0661. The number of aromatic nitrogens is 1. The van der Waals surface area contributed by atoms with Crippen molar-refractivity contribution in [2.75, 3.05) is 27.2 Å². The summed E-state index contributed by atoms with van der Waals surface area (Å²) in [7, 11) is -0.151. The summed E-state index contributed by atoms with van der Waals surface area (Å²) in [6.07, 6.45) is 3.00. The molecule has 3 aromatic rings. The molecule has 10 heteroatoms. The summed E-state index contributed by atoms with van der Waals surface area (Å²) >= 11 is 4.37. The van der Waals surface area contributed by atoms with Gasteiger partial charge >= 0.3 is 0 Å². The highest BCUT2D eigenvalue weighted by molar-refractivity contribution is 9.11. The first kappa shape index (κ1) is 21.5. The number of hydrogen-bond acceptors (Lipinski definition) is 5. The van der Waals surface area contributed by atoms with E-state index >= 15 is 0 Å². The van der Waals surface area contributed by atoms with E-state index in [-0.39, 0.29) is 27.2 Å². The molecule has 0 radical (unpaired) electrons. The molecular weight excluding hydrogens is 493 g/mol. The van der Waals surface area contributed by atoms with Crippen molar-refractivity contribution in [2.45, 2.75) is 23.1 Å². The van der Waals surface area contributed by atoms with Crippen molar-refractivity contribution in [3.63, 3.8) is 0 Å². The van der Waals surface area contributed by atoms with Gasteiger partial charge in [0.25, 0.3) is 15.9 Å². The maximum Gasteiger partial charge on any atom is 0.277 e. The van der Waals surface area contributed by atoms with Gasteiger partial charge in [-0.1, -0.05) is 0 Å². The number of rotatable bonds is 4. The molecule has 1 aromatic carbocycles. The van der Waals surface area contributed by atoms with Crippen LogP contribution >= 0.6 is 27.3 Å². The highest BCUT2D eigenvalue weighted by atomic mass is 79.9. The Labute approximate surface area is 187 Å². The number of halogens is 2. The molecule has 1 aliphatic rings. The number of likely N-dealkylation sites (tertiary alicyclic amines) is 1. The Morgan fingerprint density at radius 3 is 2.57 bits per heavy atom. The number of carbonyl (C=O) groups excluding carboxylic acids is 1. The van der Waals surface area contributed by atoms with Crippen LogP contribution in [-0.2, 0) is 10.0 Å². The summed E-state index contributed by atoms with van der Waals surface area (Å²) < 4.78 is 42.4. The molecule has 2 aromatic heterocycles. The summed E-state index contributed by atoms with van der Waals surface area (Å²) in [5, 5.41) is 0.291. The Kier molecular flexibility index (Phi) is 5.78. The Morgan fingerprint density at radius 2 is 1.93 bits per heavy atom. The lowest BCUT2D eigenvalue weighted by Gasteiger charge is -2.35. The first-order valence-corrected chi connectivity index (χ1v) is 12.5. The molecular formula is C20H21BrFN3O3S2. The summed E-state index contributed by atoms with van der Waals surface area (Å²) in [5.74, 6) is -0.825. The molecule has 160 valence electrons. The molecule has 0 spiro atoms. The van der Waals surface area contributed by atoms with Gasteiger partial charge in [-0.05, 0) is 79.2 Å². The van der Waals surface area contributed by atoms with Crippen molar-refractivity contribution in [1.82, 2.24) is 13.8 Å². The van der Waals surface area contributed by atoms with Crippen LogP contribution in [0.25, 0.3) is 10.9 Å². The van der Waals surface area contributed by atoms with Crippen LogP contribution < -0.4 is 0 Å². The molecule has 0 bridgehead atoms. The van der Waals surface area contributed by atoms with Crippen LogP contribution in [0, 0.1) is 5.82 Å². The van der Waals surface area contributed by atoms with Crippen molar-refractivity contribution in [3.8, 4) is 0 Å². The third kappa shape index (κ3) is 3.81. The second kappa shape index (κ2) is 8.07. The van der Waals surface area contributed by atoms with E-state index in [9.17, 15) is 17.6 Å². The van der Waals surface area contributed by atoms with Crippen LogP contribution in [0.2, 0.25) is 0 Å². The standard InChI is InChI=1S/C20H21BrFN3O3S2/c1-23-9-7-14(8-10-23)24(2)20(26)16-12-25(17-4-3-13(22)11-15(16)17)30(27,28)19-6-5-18(21)29-19/h3-6,11-12,14H,7-10H2,1-2H3. The van der Waals surface area contributed by atoms with Crippen LogP contribution in [0.3, 0.4) is 0 Å². The fourth-order valence-electron chi connectivity index (χ4n) is 3.81. The van der Waals surface area contributed by atoms with Crippen molar-refractivity contribution in [1.29, 1.82) is 0 Å². The molecule has 30 heavy (non-hydrogen) atoms. The van der Waals surface area contributed by atoms with Crippen LogP contribution in [0.5, 0.6) is 0 Å². The van der Waals surface area contributed by atoms with Crippen molar-refractivity contribution in [3.05, 3.63) is 51.7 Å². The third-order valence-corrected chi connectivity index (χ3v) is 9.35. The Hall–Kier alpha value is -1.75. The number of piperidine rings is 1. The van der Waals surface area contributed by atoms with E-state index in [1.165, 1.54) is 30.5 Å². The SMILES string of the molecule is CN1CCC(N(C)C(=O)c2cn(S(=O)(=O)c3ccc(Br)s3)c3ccc(F)cc23)CC1. The van der Waals surface area contributed by atoms with E-state index in [4.69, 9.17) is 0 Å². The number of benzene rings is 1. The summed E-state index contributed by atoms with van der Waals surface area (Å²) in [4.78, 5) is 17.2. The molecule has 6 nitrogen and oxygen atoms in total. The topological polar surface area (TPSA) is 62.6 Å². The second-order valence-electron chi connectivity index (χ2n) is 7.51. The highest BCUT2D eigenvalue weighted by Gasteiger charge is 2.29. The average Bonchev–Trinajstić information content (AvgIpc) is 3.32. The van der Waals surface area contributed by atoms with E-state index in [2.05, 4.69) is 20.8 Å². The molecule has 0 atom stereocenters. The first-order valence-electron chi connectivity index (χ1n) is 9.45. The Bertz CT molecular complexity index is 1210. The van der Waals surface area contributed by atoms with Gasteiger partial charge in [-0.25, -0.2) is 8.36 Å². The lowest BCUT2D eigenvalue weighted by atomic mass is 10.0. The minimum Gasteiger partial charge on any atom is -0.339 e. The fraction of sp³-hybridized carbons (Fsp3) is 0.350. The maximum atomic E-state index is 14.0. The van der Waals surface area contributed by atoms with Gasteiger partial charge in [0.1, 0.15) is 10.0 Å². The summed E-state index contributed by atoms with van der Waals surface area (Å²) in [6, 6.07) is 7.05. The third-order valence-electron chi connectivity index (χ3n) is 5.58. The molecule has 0 unspecified atom stereocenters. The van der Waals surface area contributed by atoms with E-state index in [0.29, 0.717) is 9.17 Å². The minimum absolute atomic E-state index is 0.0607. The van der Waals surface area contributed by atoms with E-state index in [0.717, 1.165) is 41.2 Å². The molecule has 0 N–H and O–H groups in total. The largest absolute Gasteiger partial charge is 0.339 e. The predicted octanol–water partition coefficient (Wildman–Crippen LogP) is 4.01. The Morgan fingerprint density at radius 1 is 1.23 bits per heavy atom. The van der Waals surface area contributed by atoms with Crippen LogP contribution in [0.1, 0.15) is 23.2 Å². The van der Waals surface area contributed by atoms with E-state index < -0.39 is 15.8 Å². The summed E-state index contributed by atoms with van der Waals surface area (Å²) in [6.45, 7) is 1.78. The average molecular weight is 514 g/mol. The van der Waals surface area contributed by atoms with Crippen molar-refractivity contribution >= 4 is 54.1 Å². The van der Waals surface area contributed by atoms with Crippen molar-refractivity contribution in [2.24, 2.45) is 0 Å². The van der Waals surface area contributed by atoms with Gasteiger partial charge in [-0.15, -0.1) is 11.3 Å². The van der Waals surface area contributed by atoms with Gasteiger partial charge in [0.2, 0.25) is 0 Å². The molecule has 1 aliphatic heterocycles. The number of thiophene rings is 1. The molecule has 0 aliphatic carbocycles. The molecule has 1 saturated heterocycles. The van der Waals surface area contributed by atoms with Gasteiger partial charge in [-0.2, -0.15) is 8.42 Å². The quantitative estimate of drug-likeness (QED) is 0.528. The number of nitrogens with zero attached hydrogens (tertiary/aromatic N) is 3. The number of fused-ring (bicyclic) bond motifs is 1. The van der Waals surface area contributed by atoms with Gasteiger partial charge in [0.05, 0.1) is 14.9 Å². The Balaban J connectivity index is 1.79. The highest BCUT2D eigenvalue weighted by Crippen LogP contribution is 2.32. The number of amides is 1. The number of carbonyl (C=O) groups is 1. The molecule has 0 saturated carbocycles. The van der Waals surface area contributed by atoms with Gasteiger partial charge < -0.3 is 9.80 Å². The van der Waals surface area contributed by atoms with Crippen LogP contribution in [-0.4, -0.2) is 61.3 Å². The monoisotopic (exact) mass is 513 g/mol. The zero-order valence-electron chi connectivity index (χ0n) is 16.5. The van der Waals surface area contributed by atoms with E-state index in [1.807, 2.05) is 7.05 Å². The van der Waals surface area contributed by atoms with Gasteiger partial charge in [0, 0.05) is 24.7 Å². The molecule has 1 amide bonds. The van der Waals surface area contributed by atoms with Gasteiger partial charge in [-0.3, -0.25) is 4.79 Å². The van der Waals surface area contributed by atoms with Crippen LogP contribution in [0.15, 0.2) is 44.5 Å². The van der Waals surface area contributed by atoms with E-state index in [1.54, 1.807) is 18.0 Å². The summed E-state index contributed by atoms with van der Waals surface area (Å²) in [5.41, 5.74) is 0.464. The van der Waals surface area contributed by atoms with Gasteiger partial charge in [0.15, 0.2) is 0 Å². The molecule has 3 heterocycles. The number of hydrogen-bond donors (Lipinski definition) is 0. The smallest absolute Gasteiger partial charge is 0.277 e. The predicted molar refractivity (Wildman–Crippen MR) is 119 cm³/mol. The second-order valence-corrected chi connectivity index (χ2v) is 12.0. The zero-order chi connectivity index (χ0) is 21.6. The van der Waals surface area contributed by atoms with Crippen LogP contribution in [0.4, 0.5) is 4.39 Å². The zero-order valence-corrected chi connectivity index (χ0v) is 19.7. The first-order chi connectivity index (χ1) is 14.2. The molecule has 4 rings (SSSR count). The minimum atomic E-state index is -3.92. The molecule has 1 fully saturated rings. The van der Waals surface area contributed by atoms with Crippen molar-refractivity contribution < 1.29 is 17.6 Å². The lowest BCUT2D eigenvalue weighted by Crippen LogP contribution is -2.44. The maximum absolute atomic E-state index is 14.0. The fourth-order valence-corrected chi connectivity index (χ4v) is 7.28. The normalized spacial score (nSPS) is 16.3.